The molecule has 1 amide bonds. The number of fused-ring (bicyclic) bond motifs is 1. The van der Waals surface area contributed by atoms with Crippen molar-refractivity contribution in [1.82, 2.24) is 5.32 Å². The maximum absolute atomic E-state index is 12.9. The summed E-state index contributed by atoms with van der Waals surface area (Å²) in [6.45, 7) is 1.78. The van der Waals surface area contributed by atoms with E-state index in [0.717, 1.165) is 21.9 Å². The Morgan fingerprint density at radius 1 is 0.724 bits per heavy atom. The monoisotopic (exact) mass is 381 g/mol. The Balaban J connectivity index is 1.52. The summed E-state index contributed by atoms with van der Waals surface area (Å²) in [6, 6.07) is 33.7. The van der Waals surface area contributed by atoms with E-state index in [1.165, 1.54) is 0 Å². The first-order valence-corrected chi connectivity index (χ1v) is 9.76. The summed E-state index contributed by atoms with van der Waals surface area (Å²) in [4.78, 5) is 12.9. The lowest BCUT2D eigenvalue weighted by molar-refractivity contribution is -0.127. The third-order valence-corrected chi connectivity index (χ3v) is 4.96. The molecule has 0 bridgehead atoms. The molecular weight excluding hydrogens is 358 g/mol. The Hall–Kier alpha value is -3.59. The smallest absolute Gasteiger partial charge is 0.261 e. The molecule has 0 aliphatic carbocycles. The van der Waals surface area contributed by atoms with Gasteiger partial charge in [-0.2, -0.15) is 0 Å². The van der Waals surface area contributed by atoms with Crippen LogP contribution in [0.4, 0.5) is 0 Å². The zero-order valence-corrected chi connectivity index (χ0v) is 16.3. The van der Waals surface area contributed by atoms with Gasteiger partial charge in [-0.25, -0.2) is 0 Å². The van der Waals surface area contributed by atoms with Crippen LogP contribution in [0.2, 0.25) is 0 Å². The minimum atomic E-state index is -0.619. The molecule has 4 rings (SSSR count). The van der Waals surface area contributed by atoms with Crippen LogP contribution in [-0.4, -0.2) is 12.0 Å². The Labute approximate surface area is 171 Å². The van der Waals surface area contributed by atoms with Crippen LogP contribution in [0.15, 0.2) is 103 Å². The van der Waals surface area contributed by atoms with Gasteiger partial charge in [0.05, 0.1) is 6.04 Å². The average Bonchev–Trinajstić information content (AvgIpc) is 2.78. The Morgan fingerprint density at radius 2 is 1.28 bits per heavy atom. The highest BCUT2D eigenvalue weighted by atomic mass is 16.5. The van der Waals surface area contributed by atoms with Crippen LogP contribution >= 0.6 is 0 Å². The van der Waals surface area contributed by atoms with Crippen LogP contribution in [0, 0.1) is 0 Å². The number of benzene rings is 4. The van der Waals surface area contributed by atoms with Gasteiger partial charge in [0.1, 0.15) is 5.75 Å². The van der Waals surface area contributed by atoms with Crippen LogP contribution in [0.3, 0.4) is 0 Å². The molecule has 1 N–H and O–H groups in total. The van der Waals surface area contributed by atoms with E-state index < -0.39 is 6.10 Å². The lowest BCUT2D eigenvalue weighted by Crippen LogP contribution is -2.39. The molecule has 4 aromatic rings. The number of carbonyl (C=O) groups is 1. The molecule has 0 saturated heterocycles. The molecule has 0 radical (unpaired) electrons. The van der Waals surface area contributed by atoms with E-state index >= 15 is 0 Å². The second-order valence-electron chi connectivity index (χ2n) is 7.03. The van der Waals surface area contributed by atoms with Gasteiger partial charge in [0.15, 0.2) is 6.10 Å². The summed E-state index contributed by atoms with van der Waals surface area (Å²) in [6.07, 6.45) is -0.619. The third-order valence-electron chi connectivity index (χ3n) is 4.96. The topological polar surface area (TPSA) is 38.3 Å². The second-order valence-corrected chi connectivity index (χ2v) is 7.03. The average molecular weight is 381 g/mol. The highest BCUT2D eigenvalue weighted by molar-refractivity contribution is 5.84. The predicted octanol–water partition coefficient (Wildman–Crippen LogP) is 5.51. The quantitative estimate of drug-likeness (QED) is 0.478. The molecule has 0 aromatic heterocycles. The Morgan fingerprint density at radius 3 is 1.90 bits per heavy atom. The molecule has 29 heavy (non-hydrogen) atoms. The fourth-order valence-electron chi connectivity index (χ4n) is 3.41. The van der Waals surface area contributed by atoms with Crippen molar-refractivity contribution in [3.63, 3.8) is 0 Å². The first kappa shape index (κ1) is 18.8. The van der Waals surface area contributed by atoms with Crippen molar-refractivity contribution in [2.24, 2.45) is 0 Å². The highest BCUT2D eigenvalue weighted by Crippen LogP contribution is 2.24. The fourth-order valence-corrected chi connectivity index (χ4v) is 3.41. The first-order chi connectivity index (χ1) is 14.2. The van der Waals surface area contributed by atoms with Gasteiger partial charge in [0, 0.05) is 0 Å². The minimum Gasteiger partial charge on any atom is -0.481 e. The van der Waals surface area contributed by atoms with Gasteiger partial charge in [-0.15, -0.1) is 0 Å². The molecule has 0 heterocycles. The van der Waals surface area contributed by atoms with Crippen LogP contribution in [-0.2, 0) is 4.79 Å². The van der Waals surface area contributed by atoms with Crippen LogP contribution in [0.5, 0.6) is 5.75 Å². The summed E-state index contributed by atoms with van der Waals surface area (Å²) in [5.41, 5.74) is 2.06. The van der Waals surface area contributed by atoms with E-state index in [1.807, 2.05) is 97.1 Å². The fraction of sp³-hybridized carbons (Fsp3) is 0.115. The molecule has 1 unspecified atom stereocenters. The minimum absolute atomic E-state index is 0.157. The van der Waals surface area contributed by atoms with Gasteiger partial charge in [0.2, 0.25) is 0 Å². The van der Waals surface area contributed by atoms with E-state index in [2.05, 4.69) is 11.4 Å². The molecule has 3 heteroatoms. The summed E-state index contributed by atoms with van der Waals surface area (Å²) < 4.78 is 5.94. The molecule has 4 aromatic carbocycles. The van der Waals surface area contributed by atoms with Gasteiger partial charge >= 0.3 is 0 Å². The number of carbonyl (C=O) groups excluding carboxylic acids is 1. The van der Waals surface area contributed by atoms with E-state index in [1.54, 1.807) is 6.92 Å². The number of hydrogen-bond donors (Lipinski definition) is 1. The molecule has 144 valence electrons. The van der Waals surface area contributed by atoms with Crippen molar-refractivity contribution >= 4 is 16.7 Å². The van der Waals surface area contributed by atoms with Gasteiger partial charge < -0.3 is 10.1 Å². The van der Waals surface area contributed by atoms with Crippen LogP contribution in [0.1, 0.15) is 24.1 Å². The normalized spacial score (nSPS) is 11.9. The molecule has 0 saturated carbocycles. The van der Waals surface area contributed by atoms with E-state index in [4.69, 9.17) is 4.74 Å². The van der Waals surface area contributed by atoms with E-state index in [0.29, 0.717) is 5.75 Å². The molecule has 0 aliphatic heterocycles. The SMILES string of the molecule is CC(Oc1ccc2ccccc2c1)C(=O)NC(c1ccccc1)c1ccccc1. The predicted molar refractivity (Wildman–Crippen MR) is 117 cm³/mol. The summed E-state index contributed by atoms with van der Waals surface area (Å²) in [5.74, 6) is 0.526. The third kappa shape index (κ3) is 4.46. The maximum Gasteiger partial charge on any atom is 0.261 e. The van der Waals surface area contributed by atoms with Crippen LogP contribution < -0.4 is 10.1 Å². The van der Waals surface area contributed by atoms with Crippen molar-refractivity contribution in [2.75, 3.05) is 0 Å². The van der Waals surface area contributed by atoms with Crippen molar-refractivity contribution in [3.05, 3.63) is 114 Å². The highest BCUT2D eigenvalue weighted by Gasteiger charge is 2.21. The lowest BCUT2D eigenvalue weighted by atomic mass is 9.98. The molecule has 0 fully saturated rings. The number of amides is 1. The molecule has 0 spiro atoms. The summed E-state index contributed by atoms with van der Waals surface area (Å²) >= 11 is 0. The summed E-state index contributed by atoms with van der Waals surface area (Å²) in [7, 11) is 0. The second kappa shape index (κ2) is 8.61. The standard InChI is InChI=1S/C26H23NO2/c1-19(29-24-17-16-20-10-8-9-15-23(20)18-24)26(28)27-25(21-11-4-2-5-12-21)22-13-6-3-7-14-22/h2-19,25H,1H3,(H,27,28). The Bertz CT molecular complexity index is 1050. The Kier molecular flexibility index (Phi) is 5.57. The molecule has 0 aliphatic rings. The van der Waals surface area contributed by atoms with Gasteiger partial charge in [-0.05, 0) is 41.0 Å². The molecule has 1 atom stereocenters. The number of ether oxygens (including phenoxy) is 1. The zero-order valence-electron chi connectivity index (χ0n) is 16.3. The van der Waals surface area contributed by atoms with Crippen molar-refractivity contribution in [1.29, 1.82) is 0 Å². The number of hydrogen-bond acceptors (Lipinski definition) is 2. The van der Waals surface area contributed by atoms with E-state index in [-0.39, 0.29) is 11.9 Å². The molecular formula is C26H23NO2. The van der Waals surface area contributed by atoms with Crippen molar-refractivity contribution < 1.29 is 9.53 Å². The van der Waals surface area contributed by atoms with Crippen molar-refractivity contribution in [3.8, 4) is 5.75 Å². The van der Waals surface area contributed by atoms with Gasteiger partial charge in [-0.1, -0.05) is 91.0 Å². The van der Waals surface area contributed by atoms with Crippen LogP contribution in [0.25, 0.3) is 10.8 Å². The van der Waals surface area contributed by atoms with Gasteiger partial charge in [-0.3, -0.25) is 4.79 Å². The largest absolute Gasteiger partial charge is 0.481 e. The number of nitrogens with one attached hydrogen (secondary N) is 1. The molecule has 3 nitrogen and oxygen atoms in total. The number of rotatable bonds is 6. The van der Waals surface area contributed by atoms with Crippen molar-refractivity contribution in [2.45, 2.75) is 19.1 Å². The lowest BCUT2D eigenvalue weighted by Gasteiger charge is -2.22. The zero-order chi connectivity index (χ0) is 20.1. The van der Waals surface area contributed by atoms with Gasteiger partial charge in [0.25, 0.3) is 5.91 Å². The first-order valence-electron chi connectivity index (χ1n) is 9.76. The maximum atomic E-state index is 12.9. The summed E-state index contributed by atoms with van der Waals surface area (Å²) in [5, 5.41) is 5.37. The van der Waals surface area contributed by atoms with E-state index in [9.17, 15) is 4.79 Å².